The van der Waals surface area contributed by atoms with E-state index >= 15 is 0 Å². The minimum atomic E-state index is -0.186. The fraction of sp³-hybridized carbons (Fsp3) is 0.412. The van der Waals surface area contributed by atoms with Gasteiger partial charge in [-0.2, -0.15) is 0 Å². The molecular weight excluding hydrogens is 358 g/mol. The third-order valence-corrected chi connectivity index (χ3v) is 5.17. The Bertz CT molecular complexity index is 708. The number of aromatic nitrogens is 1. The monoisotopic (exact) mass is 381 g/mol. The van der Waals surface area contributed by atoms with Crippen LogP contribution in [0.3, 0.4) is 0 Å². The summed E-state index contributed by atoms with van der Waals surface area (Å²) in [6.07, 6.45) is 3.72. The van der Waals surface area contributed by atoms with Crippen LogP contribution >= 0.6 is 23.7 Å². The number of thiazole rings is 1. The SMILES string of the molecule is Cl.NC(=O)C1CCCN(Cc2ccccc2NCc2cnc(N)s2)C1. The van der Waals surface area contributed by atoms with Crippen molar-refractivity contribution in [1.82, 2.24) is 9.88 Å². The van der Waals surface area contributed by atoms with E-state index in [1.807, 2.05) is 12.1 Å². The number of benzene rings is 1. The number of primary amides is 1. The summed E-state index contributed by atoms with van der Waals surface area (Å²) >= 11 is 1.49. The van der Waals surface area contributed by atoms with E-state index in [1.54, 1.807) is 6.20 Å². The molecule has 1 atom stereocenters. The van der Waals surface area contributed by atoms with Crippen molar-refractivity contribution in [1.29, 1.82) is 0 Å². The molecule has 1 unspecified atom stereocenters. The lowest BCUT2D eigenvalue weighted by Gasteiger charge is -2.31. The standard InChI is InChI=1S/C17H23N5OS.ClH/c18-16(23)13-5-3-7-22(11-13)10-12-4-1-2-6-15(12)20-8-14-9-21-17(19)24-14;/h1-2,4,6,9,13,20H,3,5,7-8,10-11H2,(H2,18,23)(H2,19,21);1H. The minimum absolute atomic E-state index is 0. The van der Waals surface area contributed by atoms with E-state index in [2.05, 4.69) is 27.3 Å². The smallest absolute Gasteiger partial charge is 0.221 e. The van der Waals surface area contributed by atoms with Crippen LogP contribution in [-0.2, 0) is 17.9 Å². The second-order valence-electron chi connectivity index (χ2n) is 6.15. The molecule has 2 aromatic rings. The van der Waals surface area contributed by atoms with E-state index in [0.29, 0.717) is 11.7 Å². The first-order valence-electron chi connectivity index (χ1n) is 8.15. The molecule has 1 aliphatic heterocycles. The molecule has 0 saturated carbocycles. The fourth-order valence-electron chi connectivity index (χ4n) is 3.09. The lowest BCUT2D eigenvalue weighted by atomic mass is 9.97. The zero-order chi connectivity index (χ0) is 16.9. The van der Waals surface area contributed by atoms with E-state index in [4.69, 9.17) is 11.5 Å². The van der Waals surface area contributed by atoms with E-state index in [9.17, 15) is 4.79 Å². The lowest BCUT2D eigenvalue weighted by molar-refractivity contribution is -0.123. The molecule has 0 aliphatic carbocycles. The Kier molecular flexibility index (Phi) is 7.04. The van der Waals surface area contributed by atoms with Crippen LogP contribution in [0.2, 0.25) is 0 Å². The minimum Gasteiger partial charge on any atom is -0.380 e. The average molecular weight is 382 g/mol. The number of piperidine rings is 1. The van der Waals surface area contributed by atoms with Gasteiger partial charge in [-0.05, 0) is 31.0 Å². The van der Waals surface area contributed by atoms with Crippen LogP contribution in [0.5, 0.6) is 0 Å². The second-order valence-corrected chi connectivity index (χ2v) is 7.30. The molecule has 3 rings (SSSR count). The van der Waals surface area contributed by atoms with Gasteiger partial charge >= 0.3 is 0 Å². The molecule has 0 bridgehead atoms. The second kappa shape index (κ2) is 9.03. The third-order valence-electron chi connectivity index (χ3n) is 4.34. The number of para-hydroxylation sites is 1. The molecule has 0 spiro atoms. The number of nitrogens with one attached hydrogen (secondary N) is 1. The number of amides is 1. The highest BCUT2D eigenvalue weighted by atomic mass is 35.5. The summed E-state index contributed by atoms with van der Waals surface area (Å²) < 4.78 is 0. The first-order valence-corrected chi connectivity index (χ1v) is 8.97. The number of anilines is 2. The molecule has 136 valence electrons. The highest BCUT2D eigenvalue weighted by molar-refractivity contribution is 7.15. The molecule has 0 radical (unpaired) electrons. The van der Waals surface area contributed by atoms with Gasteiger partial charge in [0.15, 0.2) is 5.13 Å². The quantitative estimate of drug-likeness (QED) is 0.714. The van der Waals surface area contributed by atoms with Crippen molar-refractivity contribution < 1.29 is 4.79 Å². The van der Waals surface area contributed by atoms with Gasteiger partial charge in [-0.1, -0.05) is 18.2 Å². The number of nitrogens with zero attached hydrogens (tertiary/aromatic N) is 2. The summed E-state index contributed by atoms with van der Waals surface area (Å²) in [4.78, 5) is 18.9. The predicted molar refractivity (Wildman–Crippen MR) is 105 cm³/mol. The summed E-state index contributed by atoms with van der Waals surface area (Å²) in [5, 5.41) is 4.05. The Morgan fingerprint density at radius 2 is 2.20 bits per heavy atom. The van der Waals surface area contributed by atoms with Crippen molar-refractivity contribution in [3.63, 3.8) is 0 Å². The number of rotatable bonds is 6. The van der Waals surface area contributed by atoms with Gasteiger partial charge in [0.2, 0.25) is 5.91 Å². The van der Waals surface area contributed by atoms with Gasteiger partial charge in [-0.15, -0.1) is 23.7 Å². The molecule has 2 heterocycles. The number of hydrogen-bond donors (Lipinski definition) is 3. The molecular formula is C17H24ClN5OS. The Balaban J connectivity index is 0.00000225. The Morgan fingerprint density at radius 3 is 2.92 bits per heavy atom. The van der Waals surface area contributed by atoms with Crippen LogP contribution in [0.25, 0.3) is 0 Å². The molecule has 6 nitrogen and oxygen atoms in total. The molecule has 5 N–H and O–H groups in total. The zero-order valence-corrected chi connectivity index (χ0v) is 15.6. The van der Waals surface area contributed by atoms with Gasteiger partial charge in [-0.25, -0.2) is 4.98 Å². The molecule has 1 aromatic heterocycles. The zero-order valence-electron chi connectivity index (χ0n) is 14.0. The van der Waals surface area contributed by atoms with E-state index in [0.717, 1.165) is 43.0 Å². The number of likely N-dealkylation sites (tertiary alicyclic amines) is 1. The van der Waals surface area contributed by atoms with E-state index in [1.165, 1.54) is 16.9 Å². The van der Waals surface area contributed by atoms with E-state index in [-0.39, 0.29) is 24.2 Å². The summed E-state index contributed by atoms with van der Waals surface area (Å²) in [6.45, 7) is 3.27. The number of carbonyl (C=O) groups excluding carboxylic acids is 1. The van der Waals surface area contributed by atoms with Crippen LogP contribution in [0, 0.1) is 5.92 Å². The molecule has 1 aliphatic rings. The van der Waals surface area contributed by atoms with Gasteiger partial charge in [0.05, 0.1) is 12.5 Å². The molecule has 1 saturated heterocycles. The predicted octanol–water partition coefficient (Wildman–Crippen LogP) is 2.46. The molecule has 25 heavy (non-hydrogen) atoms. The van der Waals surface area contributed by atoms with Crippen LogP contribution < -0.4 is 16.8 Å². The molecule has 8 heteroatoms. The summed E-state index contributed by atoms with van der Waals surface area (Å²) in [5.74, 6) is -0.215. The number of nitrogens with two attached hydrogens (primary N) is 2. The molecule has 1 aromatic carbocycles. The maximum absolute atomic E-state index is 11.4. The van der Waals surface area contributed by atoms with Crippen LogP contribution in [0.4, 0.5) is 10.8 Å². The first-order chi connectivity index (χ1) is 11.6. The van der Waals surface area contributed by atoms with Gasteiger partial charge in [-0.3, -0.25) is 9.69 Å². The van der Waals surface area contributed by atoms with Gasteiger partial charge in [0, 0.05) is 29.9 Å². The summed E-state index contributed by atoms with van der Waals surface area (Å²) in [7, 11) is 0. The van der Waals surface area contributed by atoms with Gasteiger partial charge in [0.25, 0.3) is 0 Å². The number of halogens is 1. The maximum Gasteiger partial charge on any atom is 0.221 e. The Morgan fingerprint density at radius 1 is 1.40 bits per heavy atom. The average Bonchev–Trinajstić information content (AvgIpc) is 3.00. The van der Waals surface area contributed by atoms with Crippen LogP contribution in [0.15, 0.2) is 30.5 Å². The topological polar surface area (TPSA) is 97.3 Å². The molecule has 1 fully saturated rings. The fourth-order valence-corrected chi connectivity index (χ4v) is 3.71. The van der Waals surface area contributed by atoms with Crippen molar-refractivity contribution in [2.45, 2.75) is 25.9 Å². The first kappa shape index (κ1) is 19.5. The Hall–Kier alpha value is -1.83. The highest BCUT2D eigenvalue weighted by Crippen LogP contribution is 2.23. The number of carbonyl (C=O) groups is 1. The lowest BCUT2D eigenvalue weighted by Crippen LogP contribution is -2.40. The maximum atomic E-state index is 11.4. The number of nitrogen functional groups attached to an aromatic ring is 1. The van der Waals surface area contributed by atoms with Crippen molar-refractivity contribution in [3.05, 3.63) is 40.9 Å². The Labute approximate surface area is 158 Å². The van der Waals surface area contributed by atoms with Crippen molar-refractivity contribution in [2.75, 3.05) is 24.1 Å². The van der Waals surface area contributed by atoms with Gasteiger partial charge in [0.1, 0.15) is 0 Å². The number of hydrogen-bond acceptors (Lipinski definition) is 6. The largest absolute Gasteiger partial charge is 0.380 e. The van der Waals surface area contributed by atoms with Crippen LogP contribution in [-0.4, -0.2) is 28.9 Å². The summed E-state index contributed by atoms with van der Waals surface area (Å²) in [5.41, 5.74) is 13.5. The van der Waals surface area contributed by atoms with Gasteiger partial charge < -0.3 is 16.8 Å². The third kappa shape index (κ3) is 5.32. The van der Waals surface area contributed by atoms with Crippen molar-refractivity contribution in [2.24, 2.45) is 11.7 Å². The van der Waals surface area contributed by atoms with E-state index < -0.39 is 0 Å². The normalized spacial score (nSPS) is 17.7. The summed E-state index contributed by atoms with van der Waals surface area (Å²) in [6, 6.07) is 8.27. The van der Waals surface area contributed by atoms with Crippen molar-refractivity contribution in [3.8, 4) is 0 Å². The molecule has 1 amide bonds. The highest BCUT2D eigenvalue weighted by Gasteiger charge is 2.24. The van der Waals surface area contributed by atoms with Crippen molar-refractivity contribution >= 4 is 40.5 Å². The van der Waals surface area contributed by atoms with Crippen LogP contribution in [0.1, 0.15) is 23.3 Å².